The number of halogens is 2. The van der Waals surface area contributed by atoms with Gasteiger partial charge in [0.1, 0.15) is 6.61 Å². The van der Waals surface area contributed by atoms with Crippen LogP contribution >= 0.6 is 49.9 Å². The summed E-state index contributed by atoms with van der Waals surface area (Å²) in [5.74, 6) is 0.710. The molecule has 5 aromatic rings. The normalized spacial score (nSPS) is 14.7. The van der Waals surface area contributed by atoms with Crippen LogP contribution in [-0.2, 0) is 16.1 Å². The third-order valence-electron chi connectivity index (χ3n) is 7.48. The van der Waals surface area contributed by atoms with Gasteiger partial charge in [-0.15, -0.1) is 0 Å². The Morgan fingerprint density at radius 2 is 1.84 bits per heavy atom. The molecule has 0 fully saturated rings. The van der Waals surface area contributed by atoms with Gasteiger partial charge in [-0.25, -0.2) is 9.79 Å². The molecule has 1 aliphatic rings. The summed E-state index contributed by atoms with van der Waals surface area (Å²) in [5.41, 5.74) is 3.29. The fourth-order valence-electron chi connectivity index (χ4n) is 5.43. The Bertz CT molecular complexity index is 2150. The minimum absolute atomic E-state index is 0.214. The molecule has 7 nitrogen and oxygen atoms in total. The van der Waals surface area contributed by atoms with Crippen LogP contribution in [-0.4, -0.2) is 24.3 Å². The number of hydrogen-bond donors (Lipinski definition) is 0. The zero-order valence-electron chi connectivity index (χ0n) is 24.7. The summed E-state index contributed by atoms with van der Waals surface area (Å²) in [4.78, 5) is 32.8. The molecule has 0 N–H and O–H groups in total. The molecule has 0 bridgehead atoms. The molecule has 10 heteroatoms. The van der Waals surface area contributed by atoms with Crippen molar-refractivity contribution >= 4 is 72.7 Å². The SMILES string of the molecule is CCOC(=O)C1=C(C)N=c2s/c(=C/c3cc(I)c(OCc4ccc(Br)cc4)c(OC)c3)c(=O)n2[C@@H]1c1cccc2ccccc12. The first-order valence-electron chi connectivity index (χ1n) is 14.2. The lowest BCUT2D eigenvalue weighted by molar-refractivity contribution is -0.139. The molecule has 0 radical (unpaired) electrons. The second kappa shape index (κ2) is 13.3. The monoisotopic (exact) mass is 794 g/mol. The Morgan fingerprint density at radius 1 is 1.09 bits per heavy atom. The predicted molar refractivity (Wildman–Crippen MR) is 189 cm³/mol. The first-order valence-corrected chi connectivity index (χ1v) is 16.9. The van der Waals surface area contributed by atoms with E-state index in [0.717, 1.165) is 35.5 Å². The quantitative estimate of drug-likeness (QED) is 0.126. The average Bonchev–Trinajstić information content (AvgIpc) is 3.33. The molecule has 0 aliphatic carbocycles. The summed E-state index contributed by atoms with van der Waals surface area (Å²) >= 11 is 6.97. The van der Waals surface area contributed by atoms with E-state index < -0.39 is 12.0 Å². The van der Waals surface area contributed by atoms with Gasteiger partial charge in [-0.2, -0.15) is 0 Å². The van der Waals surface area contributed by atoms with Crippen molar-refractivity contribution in [2.45, 2.75) is 26.5 Å². The Morgan fingerprint density at radius 3 is 2.60 bits per heavy atom. The number of thiazole rings is 1. The number of fused-ring (bicyclic) bond motifs is 2. The Labute approximate surface area is 285 Å². The van der Waals surface area contributed by atoms with Gasteiger partial charge in [0.2, 0.25) is 0 Å². The number of allylic oxidation sites excluding steroid dienone is 1. The molecule has 45 heavy (non-hydrogen) atoms. The number of carbonyl (C=O) groups excluding carboxylic acids is 1. The van der Waals surface area contributed by atoms with Crippen molar-refractivity contribution in [2.24, 2.45) is 4.99 Å². The predicted octanol–water partition coefficient (Wildman–Crippen LogP) is 6.91. The number of methoxy groups -OCH3 is 1. The van der Waals surface area contributed by atoms with Gasteiger partial charge in [-0.1, -0.05) is 81.9 Å². The molecular formula is C35H28BrIN2O5S. The van der Waals surface area contributed by atoms with Crippen molar-refractivity contribution in [3.05, 3.63) is 135 Å². The standard InChI is InChI=1S/C35H28BrIN2O5S/c1-4-43-34(41)30-20(2)38-35-39(31(30)26-11-7-9-23-8-5-6-10-25(23)26)33(40)29(45-35)18-22-16-27(37)32(28(17-22)42-3)44-19-21-12-14-24(36)15-13-21/h5-18,31H,4,19H2,1-3H3/b29-18+/t31-/m1/s1. The number of nitrogens with zero attached hydrogens (tertiary/aromatic N) is 2. The lowest BCUT2D eigenvalue weighted by Crippen LogP contribution is -2.40. The molecule has 1 aromatic heterocycles. The van der Waals surface area contributed by atoms with Crippen molar-refractivity contribution in [3.8, 4) is 11.5 Å². The summed E-state index contributed by atoms with van der Waals surface area (Å²) in [7, 11) is 1.60. The van der Waals surface area contributed by atoms with Gasteiger partial charge >= 0.3 is 5.97 Å². The van der Waals surface area contributed by atoms with E-state index in [1.165, 1.54) is 11.3 Å². The maximum Gasteiger partial charge on any atom is 0.338 e. The zero-order chi connectivity index (χ0) is 31.7. The second-order valence-electron chi connectivity index (χ2n) is 10.3. The van der Waals surface area contributed by atoms with Gasteiger partial charge in [0.25, 0.3) is 5.56 Å². The maximum atomic E-state index is 14.2. The molecule has 4 aromatic carbocycles. The maximum absolute atomic E-state index is 14.2. The number of hydrogen-bond acceptors (Lipinski definition) is 7. The number of ether oxygens (including phenoxy) is 3. The fraction of sp³-hybridized carbons (Fsp3) is 0.171. The van der Waals surface area contributed by atoms with Crippen LogP contribution in [0.1, 0.15) is 36.6 Å². The third kappa shape index (κ3) is 6.23. The Kier molecular flexibility index (Phi) is 9.25. The van der Waals surface area contributed by atoms with E-state index in [1.54, 1.807) is 25.5 Å². The molecule has 0 saturated heterocycles. The highest BCUT2D eigenvalue weighted by atomic mass is 127. The van der Waals surface area contributed by atoms with Gasteiger partial charge in [0, 0.05) is 4.47 Å². The zero-order valence-corrected chi connectivity index (χ0v) is 29.2. The minimum Gasteiger partial charge on any atom is -0.493 e. The van der Waals surface area contributed by atoms with Gasteiger partial charge in [0.05, 0.1) is 39.1 Å². The van der Waals surface area contributed by atoms with Crippen LogP contribution in [0.5, 0.6) is 11.5 Å². The molecule has 228 valence electrons. The molecule has 2 heterocycles. The first kappa shape index (κ1) is 31.3. The van der Waals surface area contributed by atoms with E-state index in [4.69, 9.17) is 19.2 Å². The van der Waals surface area contributed by atoms with E-state index in [2.05, 4.69) is 38.5 Å². The van der Waals surface area contributed by atoms with Gasteiger partial charge < -0.3 is 14.2 Å². The molecule has 6 rings (SSSR count). The van der Waals surface area contributed by atoms with Gasteiger partial charge in [-0.05, 0) is 94.2 Å². The third-order valence-corrected chi connectivity index (χ3v) is 9.79. The van der Waals surface area contributed by atoms with Crippen molar-refractivity contribution in [1.29, 1.82) is 0 Å². The number of aromatic nitrogens is 1. The highest BCUT2D eigenvalue weighted by molar-refractivity contribution is 14.1. The smallest absolute Gasteiger partial charge is 0.338 e. The largest absolute Gasteiger partial charge is 0.493 e. The van der Waals surface area contributed by atoms with E-state index in [0.29, 0.717) is 38.7 Å². The molecule has 0 unspecified atom stereocenters. The first-order chi connectivity index (χ1) is 21.8. The topological polar surface area (TPSA) is 79.1 Å². The minimum atomic E-state index is -0.697. The highest BCUT2D eigenvalue weighted by Gasteiger charge is 2.34. The average molecular weight is 795 g/mol. The molecule has 0 spiro atoms. The van der Waals surface area contributed by atoms with E-state index in [1.807, 2.05) is 84.9 Å². The van der Waals surface area contributed by atoms with E-state index in [-0.39, 0.29) is 12.2 Å². The number of benzene rings is 4. The van der Waals surface area contributed by atoms with Crippen LogP contribution in [0.2, 0.25) is 0 Å². The van der Waals surface area contributed by atoms with Crippen molar-refractivity contribution in [1.82, 2.24) is 4.57 Å². The lowest BCUT2D eigenvalue weighted by Gasteiger charge is -2.25. The van der Waals surface area contributed by atoms with Gasteiger partial charge in [0.15, 0.2) is 16.3 Å². The van der Waals surface area contributed by atoms with Crippen molar-refractivity contribution in [2.75, 3.05) is 13.7 Å². The van der Waals surface area contributed by atoms with E-state index in [9.17, 15) is 9.59 Å². The van der Waals surface area contributed by atoms with Gasteiger partial charge in [-0.3, -0.25) is 9.36 Å². The lowest BCUT2D eigenvalue weighted by atomic mass is 9.91. The summed E-state index contributed by atoms with van der Waals surface area (Å²) in [5, 5.41) is 1.97. The highest BCUT2D eigenvalue weighted by Crippen LogP contribution is 2.36. The molecule has 1 atom stereocenters. The Balaban J connectivity index is 1.45. The number of carbonyl (C=O) groups is 1. The van der Waals surface area contributed by atoms with Crippen molar-refractivity contribution < 1.29 is 19.0 Å². The summed E-state index contributed by atoms with van der Waals surface area (Å²) in [6.07, 6.45) is 1.83. The molecule has 1 aliphatic heterocycles. The number of rotatable bonds is 8. The van der Waals surface area contributed by atoms with Crippen LogP contribution in [0.4, 0.5) is 0 Å². The molecular weight excluding hydrogens is 767 g/mol. The second-order valence-corrected chi connectivity index (χ2v) is 13.4. The van der Waals surface area contributed by atoms with Crippen LogP contribution in [0, 0.1) is 3.57 Å². The number of esters is 1. The van der Waals surface area contributed by atoms with E-state index >= 15 is 0 Å². The summed E-state index contributed by atoms with van der Waals surface area (Å²) in [6.45, 7) is 4.16. The van der Waals surface area contributed by atoms with Crippen molar-refractivity contribution in [3.63, 3.8) is 0 Å². The van der Waals surface area contributed by atoms with Crippen LogP contribution < -0.4 is 24.4 Å². The van der Waals surface area contributed by atoms with Crippen LogP contribution in [0.15, 0.2) is 104 Å². The van der Waals surface area contributed by atoms with Crippen LogP contribution in [0.3, 0.4) is 0 Å². The summed E-state index contributed by atoms with van der Waals surface area (Å²) < 4.78 is 21.3. The molecule has 0 amide bonds. The van der Waals surface area contributed by atoms with Crippen LogP contribution in [0.25, 0.3) is 16.8 Å². The summed E-state index contributed by atoms with van der Waals surface area (Å²) in [6, 6.07) is 24.9. The molecule has 0 saturated carbocycles. The Hall–Kier alpha value is -3.74. The fourth-order valence-corrected chi connectivity index (χ4v) is 7.52.